The van der Waals surface area contributed by atoms with Crippen molar-refractivity contribution in [2.24, 2.45) is 0 Å². The van der Waals surface area contributed by atoms with Crippen molar-refractivity contribution in [2.45, 2.75) is 178 Å². The standard InChI is InChI=1S/C57H79ClSi3/c1-35(2)44-29-49(38(7)8)55(50(30-44)39(9)10)60(56-51(40(11)12)31-45(36(3)4)32-52(56)41(13)14)59(47-25-21-19-22-26-47,48-27-23-20-24-28-48)61(60,58)57-53(42(15)16)33-46(37(5)6)34-54(57)43(17)18/h19-43H,1-18H3. The minimum atomic E-state index is -3.23. The van der Waals surface area contributed by atoms with Gasteiger partial charge in [0.1, 0.15) is 14.2 Å². The van der Waals surface area contributed by atoms with Crippen LogP contribution in [0.5, 0.6) is 0 Å². The van der Waals surface area contributed by atoms with Crippen molar-refractivity contribution < 1.29 is 0 Å². The summed E-state index contributed by atoms with van der Waals surface area (Å²) in [5.74, 6) is 3.28. The topological polar surface area (TPSA) is 0 Å². The highest BCUT2D eigenvalue weighted by Gasteiger charge is 2.95. The predicted octanol–water partition coefficient (Wildman–Crippen LogP) is 14.0. The molecule has 6 rings (SSSR count). The molecular formula is C57H79ClSi3. The van der Waals surface area contributed by atoms with Crippen LogP contribution < -0.4 is 25.9 Å². The first kappa shape index (κ1) is 47.5. The van der Waals surface area contributed by atoms with E-state index in [1.807, 2.05) is 0 Å². The van der Waals surface area contributed by atoms with E-state index in [4.69, 9.17) is 0 Å². The molecule has 1 unspecified atom stereocenters. The van der Waals surface area contributed by atoms with Gasteiger partial charge in [-0.25, -0.2) is 0 Å². The lowest BCUT2D eigenvalue weighted by Crippen LogP contribution is -2.68. The lowest BCUT2D eigenvalue weighted by Gasteiger charge is -2.37. The van der Waals surface area contributed by atoms with Gasteiger partial charge in [-0.3, -0.25) is 0 Å². The molecule has 5 aromatic rings. The minimum Gasteiger partial charge on any atom is -0.167 e. The molecule has 1 heterocycles. The third-order valence-electron chi connectivity index (χ3n) is 14.4. The third kappa shape index (κ3) is 7.48. The Morgan fingerprint density at radius 1 is 0.295 bits per heavy atom. The first-order valence-electron chi connectivity index (χ1n) is 24.0. The smallest absolute Gasteiger partial charge is 0.167 e. The second-order valence-corrected chi connectivity index (χ2v) is 50.1. The summed E-state index contributed by atoms with van der Waals surface area (Å²) >= 11 is 9.96. The molecule has 326 valence electrons. The number of rotatable bonds is 14. The zero-order valence-corrected chi connectivity index (χ0v) is 45.1. The van der Waals surface area contributed by atoms with E-state index in [0.29, 0.717) is 53.3 Å². The largest absolute Gasteiger partial charge is 0.184 e. The Labute approximate surface area is 380 Å². The van der Waals surface area contributed by atoms with Crippen LogP contribution >= 0.6 is 11.1 Å². The fraction of sp³-hybridized carbons (Fsp3) is 0.474. The zero-order chi connectivity index (χ0) is 45.1. The van der Waals surface area contributed by atoms with E-state index in [0.717, 1.165) is 0 Å². The molecule has 0 spiro atoms. The van der Waals surface area contributed by atoms with Crippen LogP contribution in [0.4, 0.5) is 0 Å². The highest BCUT2D eigenvalue weighted by atomic mass is 35.6. The van der Waals surface area contributed by atoms with Crippen LogP contribution in [0, 0.1) is 0 Å². The van der Waals surface area contributed by atoms with Crippen molar-refractivity contribution in [3.05, 3.63) is 147 Å². The monoisotopic (exact) mass is 883 g/mol. The number of hydrogen-bond acceptors (Lipinski definition) is 0. The minimum absolute atomic E-state index is 0.329. The molecule has 0 bridgehead atoms. The maximum atomic E-state index is 9.96. The quantitative estimate of drug-likeness (QED) is 0.0770. The fourth-order valence-electron chi connectivity index (χ4n) is 11.2. The van der Waals surface area contributed by atoms with Gasteiger partial charge >= 0.3 is 0 Å². The lowest BCUT2D eigenvalue weighted by molar-refractivity contribution is 0.809. The van der Waals surface area contributed by atoms with Gasteiger partial charge in [-0.2, -0.15) is 11.1 Å². The van der Waals surface area contributed by atoms with Crippen LogP contribution in [-0.2, 0) is 0 Å². The van der Waals surface area contributed by atoms with Gasteiger partial charge in [-0.15, -0.1) is 0 Å². The van der Waals surface area contributed by atoms with Crippen LogP contribution in [-0.4, -0.2) is 20.6 Å². The van der Waals surface area contributed by atoms with Crippen LogP contribution in [0.1, 0.15) is 228 Å². The Bertz CT molecular complexity index is 2130. The molecule has 61 heavy (non-hydrogen) atoms. The summed E-state index contributed by atoms with van der Waals surface area (Å²) in [5, 5.41) is 8.11. The molecule has 1 saturated heterocycles. The van der Waals surface area contributed by atoms with Crippen LogP contribution in [0.3, 0.4) is 0 Å². The Balaban J connectivity index is 2.14. The van der Waals surface area contributed by atoms with Crippen molar-refractivity contribution in [1.82, 2.24) is 0 Å². The van der Waals surface area contributed by atoms with E-state index in [2.05, 4.69) is 222 Å². The van der Waals surface area contributed by atoms with Crippen molar-refractivity contribution in [2.75, 3.05) is 0 Å². The Morgan fingerprint density at radius 2 is 0.525 bits per heavy atom. The maximum absolute atomic E-state index is 9.96. The molecule has 0 nitrogen and oxygen atoms in total. The Kier molecular flexibility index (Phi) is 13.9. The van der Waals surface area contributed by atoms with Crippen LogP contribution in [0.15, 0.2) is 97.1 Å². The van der Waals surface area contributed by atoms with Crippen molar-refractivity contribution in [3.63, 3.8) is 0 Å². The molecule has 0 aliphatic carbocycles. The lowest BCUT2D eigenvalue weighted by atomic mass is 9.89. The Morgan fingerprint density at radius 3 is 0.738 bits per heavy atom. The van der Waals surface area contributed by atoms with E-state index in [9.17, 15) is 11.1 Å². The molecule has 1 fully saturated rings. The summed E-state index contributed by atoms with van der Waals surface area (Å²) in [6.07, 6.45) is -3.23. The van der Waals surface area contributed by atoms with E-state index < -0.39 is 20.6 Å². The summed E-state index contributed by atoms with van der Waals surface area (Å²) in [6.45, 7) is 44.0. The molecule has 0 radical (unpaired) electrons. The third-order valence-corrected chi connectivity index (χ3v) is 65.3. The first-order chi connectivity index (χ1) is 28.6. The average Bonchev–Trinajstić information content (AvgIpc) is 3.73. The second kappa shape index (κ2) is 17.9. The molecule has 1 aliphatic heterocycles. The average molecular weight is 884 g/mol. The SMILES string of the molecule is CC(C)c1cc(C(C)C)c([Si]2(Cl)[Si](c3ccccc3)(c3ccccc3)[Si]2(c2c(C(C)C)cc(C(C)C)cc2C(C)C)c2c(C(C)C)cc(C(C)C)cc2C(C)C)c(C(C)C)c1. The van der Waals surface area contributed by atoms with Gasteiger partial charge in [0, 0.05) is 0 Å². The molecule has 0 N–H and O–H groups in total. The van der Waals surface area contributed by atoms with Gasteiger partial charge in [0.25, 0.3) is 0 Å². The molecule has 4 heteroatoms. The van der Waals surface area contributed by atoms with Gasteiger partial charge in [0.05, 0.1) is 0 Å². The van der Waals surface area contributed by atoms with Crippen molar-refractivity contribution in [1.29, 1.82) is 0 Å². The number of halogens is 1. The fourth-order valence-corrected chi connectivity index (χ4v) is 89.0. The Hall–Kier alpha value is -2.96. The highest BCUT2D eigenvalue weighted by Crippen LogP contribution is 2.57. The maximum Gasteiger partial charge on any atom is 0.184 e. The van der Waals surface area contributed by atoms with Crippen molar-refractivity contribution >= 4 is 57.6 Å². The second-order valence-electron chi connectivity index (χ2n) is 21.5. The van der Waals surface area contributed by atoms with Crippen LogP contribution in [0.25, 0.3) is 0 Å². The van der Waals surface area contributed by atoms with E-state index >= 15 is 0 Å². The van der Waals surface area contributed by atoms with Gasteiger partial charge in [-0.05, 0) is 109 Å². The van der Waals surface area contributed by atoms with E-state index in [1.54, 1.807) is 48.2 Å². The van der Waals surface area contributed by atoms with Gasteiger partial charge < -0.3 is 0 Å². The summed E-state index contributed by atoms with van der Waals surface area (Å²) in [5.41, 5.74) is 13.7. The van der Waals surface area contributed by atoms with Crippen LogP contribution in [0.2, 0.25) is 0 Å². The molecular weight excluding hydrogens is 804 g/mol. The van der Waals surface area contributed by atoms with Gasteiger partial charge in [0.2, 0.25) is 0 Å². The first-order valence-corrected chi connectivity index (χ1v) is 34.0. The predicted molar refractivity (Wildman–Crippen MR) is 280 cm³/mol. The summed E-state index contributed by atoms with van der Waals surface area (Å²) in [7, 11) is -6.18. The summed E-state index contributed by atoms with van der Waals surface area (Å²) in [6, 6.07) is 40.0. The molecule has 1 aliphatic rings. The number of benzene rings is 5. The molecule has 5 aromatic carbocycles. The van der Waals surface area contributed by atoms with E-state index in [-0.39, 0.29) is 0 Å². The molecule has 1 atom stereocenters. The number of hydrogen-bond donors (Lipinski definition) is 0. The normalized spacial score (nSPS) is 17.4. The summed E-state index contributed by atoms with van der Waals surface area (Å²) in [4.78, 5) is 0. The highest BCUT2D eigenvalue weighted by molar-refractivity contribution is 8.31. The van der Waals surface area contributed by atoms with E-state index in [1.165, 1.54) is 27.8 Å². The molecule has 0 amide bonds. The summed E-state index contributed by atoms with van der Waals surface area (Å²) < 4.78 is 0. The van der Waals surface area contributed by atoms with Gasteiger partial charge in [0.15, 0.2) is 6.42 Å². The van der Waals surface area contributed by atoms with Gasteiger partial charge in [-0.1, -0.05) is 242 Å². The molecule has 0 saturated carbocycles. The van der Waals surface area contributed by atoms with Crippen molar-refractivity contribution in [3.8, 4) is 0 Å². The zero-order valence-electron chi connectivity index (χ0n) is 41.3. The molecule has 0 aromatic heterocycles.